The zero-order valence-corrected chi connectivity index (χ0v) is 14.2. The largest absolute Gasteiger partial charge is 0.586 e. The number of amides is 1. The molecule has 1 N–H and O–H groups in total. The highest BCUT2D eigenvalue weighted by Crippen LogP contribution is 2.44. The van der Waals surface area contributed by atoms with Crippen LogP contribution >= 0.6 is 34.8 Å². The molecule has 10 heteroatoms. The van der Waals surface area contributed by atoms with Crippen molar-refractivity contribution in [2.75, 3.05) is 0 Å². The first-order chi connectivity index (χ1) is 10.4. The van der Waals surface area contributed by atoms with Gasteiger partial charge in [-0.15, -0.1) is 32.0 Å². The number of fused-ring (bicyclic) bond motifs is 1. The molecule has 5 nitrogen and oxygen atoms in total. The maximum Gasteiger partial charge on any atom is 0.586 e. The van der Waals surface area contributed by atoms with E-state index in [1.807, 2.05) is 0 Å². The maximum atomic E-state index is 13.0. The average molecular weight is 391 g/mol. The first-order valence-electron chi connectivity index (χ1n) is 6.31. The summed E-state index contributed by atoms with van der Waals surface area (Å²) in [4.78, 5) is 11.1. The minimum Gasteiger partial charge on any atom is -0.395 e. The highest BCUT2D eigenvalue weighted by atomic mass is 35.5. The average Bonchev–Trinajstić information content (AvgIpc) is 2.70. The minimum absolute atomic E-state index is 0.0167. The van der Waals surface area contributed by atoms with Crippen LogP contribution in [-0.4, -0.2) is 27.3 Å². The molecule has 1 amide bonds. The summed E-state index contributed by atoms with van der Waals surface area (Å²) < 4.78 is 34.6. The molecular formula is C13H12Cl3F2NO4. The summed E-state index contributed by atoms with van der Waals surface area (Å²) in [5, 5.41) is 10.3. The quantitative estimate of drug-likeness (QED) is 0.475. The lowest BCUT2D eigenvalue weighted by molar-refractivity contribution is -0.286. The van der Waals surface area contributed by atoms with Crippen molar-refractivity contribution in [3.05, 3.63) is 22.7 Å². The van der Waals surface area contributed by atoms with Crippen LogP contribution in [0, 0.1) is 5.41 Å². The Morgan fingerprint density at radius 1 is 1.35 bits per heavy atom. The van der Waals surface area contributed by atoms with E-state index >= 15 is 0 Å². The summed E-state index contributed by atoms with van der Waals surface area (Å²) >= 11 is 17.4. The van der Waals surface area contributed by atoms with E-state index in [1.54, 1.807) is 0 Å². The van der Waals surface area contributed by atoms with Gasteiger partial charge in [-0.2, -0.15) is 0 Å². The van der Waals surface area contributed by atoms with Crippen LogP contribution in [0.25, 0.3) is 0 Å². The number of carbonyl (C=O) groups is 1. The fourth-order valence-electron chi connectivity index (χ4n) is 1.79. The molecule has 0 saturated heterocycles. The maximum absolute atomic E-state index is 13.0. The molecule has 0 radical (unpaired) electrons. The number of hydroxylamine groups is 2. The van der Waals surface area contributed by atoms with Gasteiger partial charge in [-0.3, -0.25) is 10.0 Å². The Morgan fingerprint density at radius 2 is 1.87 bits per heavy atom. The molecule has 23 heavy (non-hydrogen) atoms. The van der Waals surface area contributed by atoms with Gasteiger partial charge in [0.05, 0.1) is 12.0 Å². The molecule has 0 aromatic heterocycles. The van der Waals surface area contributed by atoms with Gasteiger partial charge in [-0.1, -0.05) is 11.6 Å². The second kappa shape index (κ2) is 6.12. The van der Waals surface area contributed by atoms with Gasteiger partial charge in [0.25, 0.3) is 5.91 Å². The Labute approximate surface area is 145 Å². The predicted octanol–water partition coefficient (Wildman–Crippen LogP) is 4.21. The molecule has 1 aliphatic rings. The van der Waals surface area contributed by atoms with Gasteiger partial charge in [-0.25, -0.2) is 5.06 Å². The first-order valence-corrected chi connectivity index (χ1v) is 7.56. The topological polar surface area (TPSA) is 59.0 Å². The lowest BCUT2D eigenvalue weighted by Crippen LogP contribution is -2.42. The van der Waals surface area contributed by atoms with Crippen molar-refractivity contribution < 1.29 is 28.3 Å². The van der Waals surface area contributed by atoms with Gasteiger partial charge in [0, 0.05) is 11.1 Å². The SMILES string of the molecule is CC(C)(C(=O)N(O)Cc1cc2c(cc1Cl)OC(F)(F)O2)C(Cl)Cl. The second-order valence-electron chi connectivity index (χ2n) is 5.44. The van der Waals surface area contributed by atoms with E-state index in [4.69, 9.17) is 34.8 Å². The summed E-state index contributed by atoms with van der Waals surface area (Å²) in [6, 6.07) is 2.27. The van der Waals surface area contributed by atoms with Crippen molar-refractivity contribution in [3.63, 3.8) is 0 Å². The highest BCUT2D eigenvalue weighted by molar-refractivity contribution is 6.45. The summed E-state index contributed by atoms with van der Waals surface area (Å²) in [5.74, 6) is -1.24. The van der Waals surface area contributed by atoms with Gasteiger partial charge in [-0.05, 0) is 25.5 Å². The van der Waals surface area contributed by atoms with Gasteiger partial charge < -0.3 is 9.47 Å². The summed E-state index contributed by atoms with van der Waals surface area (Å²) in [6.07, 6.45) is -3.79. The summed E-state index contributed by atoms with van der Waals surface area (Å²) in [5.41, 5.74) is -1.08. The number of ether oxygens (including phenoxy) is 2. The van der Waals surface area contributed by atoms with Gasteiger partial charge in [0.2, 0.25) is 0 Å². The van der Waals surface area contributed by atoms with Crippen LogP contribution in [-0.2, 0) is 11.3 Å². The van der Waals surface area contributed by atoms with Crippen LogP contribution in [0.4, 0.5) is 8.78 Å². The molecule has 0 atom stereocenters. The van der Waals surface area contributed by atoms with Crippen LogP contribution < -0.4 is 9.47 Å². The molecule has 0 spiro atoms. The molecule has 1 aromatic carbocycles. The van der Waals surface area contributed by atoms with Crippen molar-refractivity contribution in [1.82, 2.24) is 5.06 Å². The standard InChI is InChI=1S/C13H12Cl3F2NO4/c1-12(2,10(15)16)11(20)19(21)5-6-3-8-9(4-7(6)14)23-13(17,18)22-8/h3-4,10,21H,5H2,1-2H3. The van der Waals surface area contributed by atoms with Gasteiger partial charge in [0.1, 0.15) is 4.84 Å². The zero-order chi connectivity index (χ0) is 17.6. The van der Waals surface area contributed by atoms with Crippen molar-refractivity contribution in [2.45, 2.75) is 31.5 Å². The molecule has 1 aliphatic heterocycles. The smallest absolute Gasteiger partial charge is 0.395 e. The molecule has 0 bridgehead atoms. The Bertz CT molecular complexity index is 640. The monoisotopic (exact) mass is 389 g/mol. The molecule has 128 valence electrons. The van der Waals surface area contributed by atoms with Crippen molar-refractivity contribution >= 4 is 40.7 Å². The Kier molecular flexibility index (Phi) is 4.88. The third-order valence-electron chi connectivity index (χ3n) is 3.22. The van der Waals surface area contributed by atoms with Crippen LogP contribution in [0.1, 0.15) is 19.4 Å². The number of alkyl halides is 4. The zero-order valence-electron chi connectivity index (χ0n) is 11.9. The molecule has 0 unspecified atom stereocenters. The van der Waals surface area contributed by atoms with E-state index in [1.165, 1.54) is 13.8 Å². The number of rotatable bonds is 4. The van der Waals surface area contributed by atoms with E-state index in [0.717, 1.165) is 12.1 Å². The van der Waals surface area contributed by atoms with Crippen LogP contribution in [0.15, 0.2) is 12.1 Å². The molecular weight excluding hydrogens is 379 g/mol. The Hall–Kier alpha value is -1.02. The normalized spacial score (nSPS) is 15.9. The third kappa shape index (κ3) is 3.74. The number of hydrogen-bond donors (Lipinski definition) is 1. The number of halogens is 5. The fraction of sp³-hybridized carbons (Fsp3) is 0.462. The number of carbonyl (C=O) groups excluding carboxylic acids is 1. The van der Waals surface area contributed by atoms with Crippen LogP contribution in [0.2, 0.25) is 5.02 Å². The lowest BCUT2D eigenvalue weighted by Gasteiger charge is -2.28. The second-order valence-corrected chi connectivity index (χ2v) is 6.95. The summed E-state index contributed by atoms with van der Waals surface area (Å²) in [7, 11) is 0. The first kappa shape index (κ1) is 18.3. The molecule has 1 aromatic rings. The molecule has 1 heterocycles. The van der Waals surface area contributed by atoms with Crippen molar-refractivity contribution in [3.8, 4) is 11.5 Å². The van der Waals surface area contributed by atoms with Crippen molar-refractivity contribution in [2.24, 2.45) is 5.41 Å². The number of nitrogens with zero attached hydrogens (tertiary/aromatic N) is 1. The Morgan fingerprint density at radius 3 is 2.39 bits per heavy atom. The third-order valence-corrected chi connectivity index (χ3v) is 4.66. The molecule has 0 fully saturated rings. The predicted molar refractivity (Wildman–Crippen MR) is 79.3 cm³/mol. The number of benzene rings is 1. The van der Waals surface area contributed by atoms with Gasteiger partial charge in [0.15, 0.2) is 11.5 Å². The van der Waals surface area contributed by atoms with Gasteiger partial charge >= 0.3 is 6.29 Å². The highest BCUT2D eigenvalue weighted by Gasteiger charge is 2.44. The Balaban J connectivity index is 2.20. The molecule has 0 saturated carbocycles. The minimum atomic E-state index is -3.79. The molecule has 2 rings (SSSR count). The van der Waals surface area contributed by atoms with Crippen LogP contribution in [0.3, 0.4) is 0 Å². The van der Waals surface area contributed by atoms with E-state index < -0.39 is 22.5 Å². The number of hydrogen-bond acceptors (Lipinski definition) is 4. The van der Waals surface area contributed by atoms with E-state index in [-0.39, 0.29) is 28.6 Å². The lowest BCUT2D eigenvalue weighted by atomic mass is 9.94. The van der Waals surface area contributed by atoms with E-state index in [2.05, 4.69) is 9.47 Å². The van der Waals surface area contributed by atoms with Crippen LogP contribution in [0.5, 0.6) is 11.5 Å². The van der Waals surface area contributed by atoms with Crippen molar-refractivity contribution in [1.29, 1.82) is 0 Å². The molecule has 0 aliphatic carbocycles. The van der Waals surface area contributed by atoms with E-state index in [0.29, 0.717) is 5.06 Å². The fourth-order valence-corrected chi connectivity index (χ4v) is 2.19. The summed E-state index contributed by atoms with van der Waals surface area (Å²) in [6.45, 7) is 2.53. The van der Waals surface area contributed by atoms with E-state index in [9.17, 15) is 18.8 Å².